The number of aliphatic hydroxyl groups is 4. The lowest BCUT2D eigenvalue weighted by Gasteiger charge is -2.30. The molecule has 4 unspecified atom stereocenters. The smallest absolute Gasteiger partial charge is 0.125 e. The summed E-state index contributed by atoms with van der Waals surface area (Å²) in [5.74, 6) is 1.02. The number of hydrogen-bond donors (Lipinski definition) is 4. The van der Waals surface area contributed by atoms with Crippen molar-refractivity contribution in [3.05, 3.63) is 129 Å². The molecule has 182 valence electrons. The zero-order valence-corrected chi connectivity index (χ0v) is 19.6. The van der Waals surface area contributed by atoms with E-state index in [1.807, 2.05) is 54.6 Å². The Kier molecular flexibility index (Phi) is 5.54. The predicted octanol–water partition coefficient (Wildman–Crippen LogP) is 4.23. The van der Waals surface area contributed by atoms with E-state index in [0.29, 0.717) is 56.0 Å². The molecular weight excluding hydrogens is 456 g/mol. The summed E-state index contributed by atoms with van der Waals surface area (Å²) in [6.45, 7) is 0.183. The van der Waals surface area contributed by atoms with E-state index < -0.39 is 24.4 Å². The van der Waals surface area contributed by atoms with Gasteiger partial charge in [0.2, 0.25) is 0 Å². The van der Waals surface area contributed by atoms with E-state index in [-0.39, 0.29) is 6.61 Å². The van der Waals surface area contributed by atoms with Crippen LogP contribution in [0, 0.1) is 0 Å². The van der Waals surface area contributed by atoms with Gasteiger partial charge in [-0.15, -0.1) is 0 Å². The number of ether oxygens (including phenoxy) is 2. The molecule has 4 atom stereocenters. The first-order chi connectivity index (χ1) is 17.5. The van der Waals surface area contributed by atoms with Crippen LogP contribution in [0.5, 0.6) is 11.5 Å². The van der Waals surface area contributed by atoms with Gasteiger partial charge in [0.05, 0.1) is 7.11 Å². The average molecular weight is 483 g/mol. The highest BCUT2D eigenvalue weighted by atomic mass is 16.5. The molecule has 0 saturated heterocycles. The van der Waals surface area contributed by atoms with Crippen LogP contribution in [0.25, 0.3) is 0 Å². The Bertz CT molecular complexity index is 1460. The SMILES string of the molecule is COc1cc(COc2ccc3c(c2)C(O)c2ccccc2C3O)cc2c1C(O)c1ccccc1C2O. The highest BCUT2D eigenvalue weighted by molar-refractivity contribution is 5.57. The number of hydrogen-bond acceptors (Lipinski definition) is 6. The Morgan fingerprint density at radius 3 is 1.72 bits per heavy atom. The van der Waals surface area contributed by atoms with Crippen molar-refractivity contribution >= 4 is 0 Å². The van der Waals surface area contributed by atoms with Crippen molar-refractivity contribution in [1.29, 1.82) is 0 Å². The molecule has 4 aromatic rings. The van der Waals surface area contributed by atoms with Gasteiger partial charge in [0.15, 0.2) is 0 Å². The molecular formula is C30H26O6. The van der Waals surface area contributed by atoms with Crippen molar-refractivity contribution < 1.29 is 29.9 Å². The number of aliphatic hydroxyl groups excluding tert-OH is 4. The second kappa shape index (κ2) is 8.76. The van der Waals surface area contributed by atoms with Crippen LogP contribution < -0.4 is 9.47 Å². The minimum Gasteiger partial charge on any atom is -0.496 e. The van der Waals surface area contributed by atoms with Crippen LogP contribution in [0.3, 0.4) is 0 Å². The van der Waals surface area contributed by atoms with E-state index in [9.17, 15) is 20.4 Å². The maximum atomic E-state index is 11.1. The predicted molar refractivity (Wildman–Crippen MR) is 133 cm³/mol. The van der Waals surface area contributed by atoms with Crippen LogP contribution in [0.2, 0.25) is 0 Å². The lowest BCUT2D eigenvalue weighted by molar-refractivity contribution is 0.169. The molecule has 0 bridgehead atoms. The first-order valence-corrected chi connectivity index (χ1v) is 11.8. The number of methoxy groups -OCH3 is 1. The molecule has 4 aromatic carbocycles. The van der Waals surface area contributed by atoms with E-state index in [2.05, 4.69) is 0 Å². The normalized spacial score (nSPS) is 21.6. The van der Waals surface area contributed by atoms with Gasteiger partial charge < -0.3 is 29.9 Å². The second-order valence-corrected chi connectivity index (χ2v) is 9.25. The maximum absolute atomic E-state index is 11.1. The summed E-state index contributed by atoms with van der Waals surface area (Å²) in [5.41, 5.74) is 5.88. The standard InChI is InChI=1S/C30H26O6/c1-35-25-13-16(12-24-26(25)30(34)21-9-5-4-8-20(21)29(24)33)15-36-17-10-11-22-23(14-17)28(32)19-7-3-2-6-18(19)27(22)31/h2-14,27-34H,15H2,1H3. The summed E-state index contributed by atoms with van der Waals surface area (Å²) in [6, 6.07) is 23.5. The molecule has 6 rings (SSSR count). The van der Waals surface area contributed by atoms with E-state index >= 15 is 0 Å². The van der Waals surface area contributed by atoms with Crippen LogP contribution >= 0.6 is 0 Å². The molecule has 4 N–H and O–H groups in total. The summed E-state index contributed by atoms with van der Waals surface area (Å²) in [4.78, 5) is 0. The first kappa shape index (κ1) is 22.8. The number of benzene rings is 4. The summed E-state index contributed by atoms with van der Waals surface area (Å²) >= 11 is 0. The van der Waals surface area contributed by atoms with Crippen LogP contribution in [-0.4, -0.2) is 27.5 Å². The number of fused-ring (bicyclic) bond motifs is 4. The van der Waals surface area contributed by atoms with E-state index in [1.165, 1.54) is 7.11 Å². The molecule has 0 heterocycles. The Morgan fingerprint density at radius 1 is 0.583 bits per heavy atom. The highest BCUT2D eigenvalue weighted by Gasteiger charge is 2.33. The molecule has 0 amide bonds. The summed E-state index contributed by atoms with van der Waals surface area (Å²) in [7, 11) is 1.54. The largest absolute Gasteiger partial charge is 0.496 e. The van der Waals surface area contributed by atoms with Gasteiger partial charge in [0.25, 0.3) is 0 Å². The minimum atomic E-state index is -0.902. The lowest BCUT2D eigenvalue weighted by Crippen LogP contribution is -2.19. The Morgan fingerprint density at radius 2 is 1.11 bits per heavy atom. The topological polar surface area (TPSA) is 99.4 Å². The minimum absolute atomic E-state index is 0.183. The zero-order valence-electron chi connectivity index (χ0n) is 19.6. The Labute approximate surface area is 208 Å². The summed E-state index contributed by atoms with van der Waals surface area (Å²) in [6.07, 6.45) is -3.46. The van der Waals surface area contributed by atoms with Crippen molar-refractivity contribution in [3.63, 3.8) is 0 Å². The van der Waals surface area contributed by atoms with Crippen molar-refractivity contribution in [2.24, 2.45) is 0 Å². The monoisotopic (exact) mass is 482 g/mol. The van der Waals surface area contributed by atoms with Crippen LogP contribution in [0.1, 0.15) is 74.5 Å². The van der Waals surface area contributed by atoms with Gasteiger partial charge in [-0.25, -0.2) is 0 Å². The molecule has 2 aliphatic rings. The van der Waals surface area contributed by atoms with Crippen molar-refractivity contribution in [3.8, 4) is 11.5 Å². The van der Waals surface area contributed by atoms with Gasteiger partial charge in [0, 0.05) is 5.56 Å². The lowest BCUT2D eigenvalue weighted by atomic mass is 9.81. The third-order valence-corrected chi connectivity index (χ3v) is 7.25. The van der Waals surface area contributed by atoms with Gasteiger partial charge in [-0.1, -0.05) is 54.6 Å². The van der Waals surface area contributed by atoms with Crippen molar-refractivity contribution in [2.45, 2.75) is 31.0 Å². The van der Waals surface area contributed by atoms with E-state index in [4.69, 9.17) is 9.47 Å². The molecule has 0 aromatic heterocycles. The third-order valence-electron chi connectivity index (χ3n) is 7.25. The summed E-state index contributed by atoms with van der Waals surface area (Å²) in [5, 5.41) is 43.8. The van der Waals surface area contributed by atoms with Gasteiger partial charge in [-0.05, 0) is 68.8 Å². The van der Waals surface area contributed by atoms with Crippen LogP contribution in [0.4, 0.5) is 0 Å². The van der Waals surface area contributed by atoms with Crippen molar-refractivity contribution in [1.82, 2.24) is 0 Å². The van der Waals surface area contributed by atoms with Crippen molar-refractivity contribution in [2.75, 3.05) is 7.11 Å². The fraction of sp³-hybridized carbons (Fsp3) is 0.200. The van der Waals surface area contributed by atoms with Gasteiger partial charge >= 0.3 is 0 Å². The molecule has 0 fully saturated rings. The van der Waals surface area contributed by atoms with Crippen LogP contribution in [-0.2, 0) is 6.61 Å². The van der Waals surface area contributed by atoms with E-state index in [1.54, 1.807) is 24.3 Å². The Hall–Kier alpha value is -3.68. The first-order valence-electron chi connectivity index (χ1n) is 11.8. The quantitative estimate of drug-likeness (QED) is 0.348. The molecule has 0 aliphatic heterocycles. The zero-order chi connectivity index (χ0) is 25.0. The molecule has 36 heavy (non-hydrogen) atoms. The van der Waals surface area contributed by atoms with Gasteiger partial charge in [-0.2, -0.15) is 0 Å². The fourth-order valence-electron chi connectivity index (χ4n) is 5.45. The molecule has 6 nitrogen and oxygen atoms in total. The second-order valence-electron chi connectivity index (χ2n) is 9.25. The molecule has 0 radical (unpaired) electrons. The Balaban J connectivity index is 1.30. The molecule has 0 spiro atoms. The van der Waals surface area contributed by atoms with Crippen LogP contribution in [0.15, 0.2) is 78.9 Å². The van der Waals surface area contributed by atoms with E-state index in [0.717, 1.165) is 5.56 Å². The third kappa shape index (κ3) is 3.50. The van der Waals surface area contributed by atoms with Gasteiger partial charge in [-0.3, -0.25) is 0 Å². The molecule has 2 aliphatic carbocycles. The fourth-order valence-corrected chi connectivity index (χ4v) is 5.45. The molecule has 6 heteroatoms. The number of rotatable bonds is 4. The average Bonchev–Trinajstić information content (AvgIpc) is 2.92. The summed E-state index contributed by atoms with van der Waals surface area (Å²) < 4.78 is 11.6. The maximum Gasteiger partial charge on any atom is 0.125 e. The van der Waals surface area contributed by atoms with Gasteiger partial charge in [0.1, 0.15) is 42.5 Å². The highest BCUT2D eigenvalue weighted by Crippen LogP contribution is 2.46. The molecule has 0 saturated carbocycles.